The van der Waals surface area contributed by atoms with E-state index in [4.69, 9.17) is 4.74 Å². The Bertz CT molecular complexity index is 320. The Morgan fingerprint density at radius 2 is 2.12 bits per heavy atom. The van der Waals surface area contributed by atoms with Crippen molar-refractivity contribution in [1.29, 1.82) is 0 Å². The molecule has 0 aliphatic rings. The monoisotopic (exact) mass is 225 g/mol. The van der Waals surface area contributed by atoms with Crippen LogP contribution in [0.1, 0.15) is 32.5 Å². The molecule has 0 aromatic carbocycles. The molecule has 16 heavy (non-hydrogen) atoms. The highest BCUT2D eigenvalue weighted by Gasteiger charge is 2.11. The van der Waals surface area contributed by atoms with Gasteiger partial charge in [0, 0.05) is 19.9 Å². The summed E-state index contributed by atoms with van der Waals surface area (Å²) in [5, 5.41) is 3.37. The maximum absolute atomic E-state index is 5.17. The lowest BCUT2D eigenvalue weighted by Crippen LogP contribution is -2.16. The van der Waals surface area contributed by atoms with E-state index in [1.54, 1.807) is 7.11 Å². The van der Waals surface area contributed by atoms with Crippen molar-refractivity contribution >= 4 is 5.95 Å². The fraction of sp³-hybridized carbons (Fsp3) is 0.750. The molecular formula is C12H23N3O. The lowest BCUT2D eigenvalue weighted by atomic mass is 10.2. The predicted octanol–water partition coefficient (Wildman–Crippen LogP) is 2.47. The first kappa shape index (κ1) is 13.0. The molecule has 0 aliphatic carbocycles. The van der Waals surface area contributed by atoms with Gasteiger partial charge in [0.2, 0.25) is 5.95 Å². The molecule has 1 heterocycles. The van der Waals surface area contributed by atoms with E-state index in [1.165, 1.54) is 0 Å². The Hall–Kier alpha value is -1.03. The van der Waals surface area contributed by atoms with Crippen LogP contribution in [-0.2, 0) is 4.74 Å². The Morgan fingerprint density at radius 1 is 1.44 bits per heavy atom. The molecule has 0 amide bonds. The summed E-state index contributed by atoms with van der Waals surface area (Å²) < 4.78 is 7.31. The van der Waals surface area contributed by atoms with Crippen LogP contribution in [0.15, 0.2) is 6.20 Å². The number of aromatic nitrogens is 2. The van der Waals surface area contributed by atoms with Gasteiger partial charge in [-0.15, -0.1) is 0 Å². The summed E-state index contributed by atoms with van der Waals surface area (Å²) in [5.41, 5.74) is 1.04. The average Bonchev–Trinajstić information content (AvgIpc) is 2.57. The Kier molecular flexibility index (Phi) is 4.80. The van der Waals surface area contributed by atoms with Gasteiger partial charge in [-0.05, 0) is 19.8 Å². The number of nitrogens with one attached hydrogen (secondary N) is 1. The summed E-state index contributed by atoms with van der Waals surface area (Å²) in [6, 6.07) is 0.306. The number of ether oxygens (including phenoxy) is 1. The Balaban J connectivity index is 2.74. The molecule has 1 rings (SSSR count). The van der Waals surface area contributed by atoms with Crippen molar-refractivity contribution in [2.24, 2.45) is 5.92 Å². The third kappa shape index (κ3) is 3.52. The number of rotatable bonds is 6. The average molecular weight is 225 g/mol. The van der Waals surface area contributed by atoms with Crippen molar-refractivity contribution in [2.45, 2.75) is 33.7 Å². The fourth-order valence-electron chi connectivity index (χ4n) is 1.60. The van der Waals surface area contributed by atoms with E-state index in [-0.39, 0.29) is 0 Å². The second-order valence-corrected chi connectivity index (χ2v) is 4.69. The van der Waals surface area contributed by atoms with Crippen LogP contribution in [0.25, 0.3) is 0 Å². The molecule has 0 saturated heterocycles. The van der Waals surface area contributed by atoms with E-state index in [9.17, 15) is 0 Å². The van der Waals surface area contributed by atoms with Gasteiger partial charge in [-0.3, -0.25) is 0 Å². The second kappa shape index (κ2) is 5.89. The first-order valence-electron chi connectivity index (χ1n) is 5.82. The summed E-state index contributed by atoms with van der Waals surface area (Å²) in [6.45, 7) is 10.2. The number of hydrogen-bond donors (Lipinski definition) is 1. The smallest absolute Gasteiger partial charge is 0.203 e. The number of anilines is 1. The van der Waals surface area contributed by atoms with E-state index in [0.717, 1.165) is 18.2 Å². The first-order valence-corrected chi connectivity index (χ1v) is 5.82. The van der Waals surface area contributed by atoms with Crippen molar-refractivity contribution in [3.05, 3.63) is 11.9 Å². The fourth-order valence-corrected chi connectivity index (χ4v) is 1.60. The maximum atomic E-state index is 5.17. The predicted molar refractivity (Wildman–Crippen MR) is 66.9 cm³/mol. The van der Waals surface area contributed by atoms with E-state index in [1.807, 2.05) is 6.92 Å². The van der Waals surface area contributed by atoms with Gasteiger partial charge in [0.05, 0.1) is 18.3 Å². The molecule has 4 heteroatoms. The number of aryl methyl sites for hydroxylation is 1. The van der Waals surface area contributed by atoms with Crippen molar-refractivity contribution in [1.82, 2.24) is 9.55 Å². The molecule has 1 unspecified atom stereocenters. The number of imidazole rings is 1. The van der Waals surface area contributed by atoms with Gasteiger partial charge in [0.15, 0.2) is 0 Å². The molecule has 0 saturated carbocycles. The SMILES string of the molecule is COCC(C)n1cc(C)nc1NCC(C)C. The minimum absolute atomic E-state index is 0.306. The molecule has 1 aromatic heterocycles. The van der Waals surface area contributed by atoms with Crippen LogP contribution < -0.4 is 5.32 Å². The van der Waals surface area contributed by atoms with E-state index < -0.39 is 0 Å². The molecule has 1 N–H and O–H groups in total. The van der Waals surface area contributed by atoms with Crippen LogP contribution in [0.5, 0.6) is 0 Å². The molecule has 1 aromatic rings. The summed E-state index contributed by atoms with van der Waals surface area (Å²) in [5.74, 6) is 1.55. The Labute approximate surface area is 98.0 Å². The summed E-state index contributed by atoms with van der Waals surface area (Å²) in [4.78, 5) is 4.48. The first-order chi connectivity index (χ1) is 7.54. The molecule has 4 nitrogen and oxygen atoms in total. The molecule has 92 valence electrons. The highest BCUT2D eigenvalue weighted by atomic mass is 16.5. The topological polar surface area (TPSA) is 39.1 Å². The van der Waals surface area contributed by atoms with E-state index in [2.05, 4.69) is 41.8 Å². The van der Waals surface area contributed by atoms with Gasteiger partial charge in [-0.1, -0.05) is 13.8 Å². The van der Waals surface area contributed by atoms with Crippen LogP contribution in [0, 0.1) is 12.8 Å². The van der Waals surface area contributed by atoms with Crippen LogP contribution in [0.2, 0.25) is 0 Å². The van der Waals surface area contributed by atoms with Crippen molar-refractivity contribution in [3.63, 3.8) is 0 Å². The summed E-state index contributed by atoms with van der Waals surface area (Å²) >= 11 is 0. The normalized spacial score (nSPS) is 13.1. The molecular weight excluding hydrogens is 202 g/mol. The molecule has 0 aliphatic heterocycles. The Morgan fingerprint density at radius 3 is 2.69 bits per heavy atom. The molecule has 0 radical (unpaired) electrons. The number of methoxy groups -OCH3 is 1. The van der Waals surface area contributed by atoms with Gasteiger partial charge < -0.3 is 14.6 Å². The second-order valence-electron chi connectivity index (χ2n) is 4.69. The van der Waals surface area contributed by atoms with Gasteiger partial charge in [-0.2, -0.15) is 0 Å². The lowest BCUT2D eigenvalue weighted by molar-refractivity contribution is 0.163. The molecule has 0 fully saturated rings. The standard InChI is InChI=1S/C12H23N3O/c1-9(2)6-13-12-14-10(3)7-15(12)11(4)8-16-5/h7,9,11H,6,8H2,1-5H3,(H,13,14). The number of hydrogen-bond acceptors (Lipinski definition) is 3. The minimum atomic E-state index is 0.306. The third-order valence-electron chi connectivity index (χ3n) is 2.40. The van der Waals surface area contributed by atoms with E-state index in [0.29, 0.717) is 18.6 Å². The van der Waals surface area contributed by atoms with Crippen molar-refractivity contribution in [3.8, 4) is 0 Å². The quantitative estimate of drug-likeness (QED) is 0.808. The summed E-state index contributed by atoms with van der Waals surface area (Å²) in [6.07, 6.45) is 2.06. The zero-order valence-corrected chi connectivity index (χ0v) is 10.9. The highest BCUT2D eigenvalue weighted by molar-refractivity contribution is 5.29. The molecule has 1 atom stereocenters. The minimum Gasteiger partial charge on any atom is -0.383 e. The largest absolute Gasteiger partial charge is 0.383 e. The van der Waals surface area contributed by atoms with Crippen LogP contribution in [0.4, 0.5) is 5.95 Å². The zero-order valence-electron chi connectivity index (χ0n) is 10.9. The maximum Gasteiger partial charge on any atom is 0.203 e. The van der Waals surface area contributed by atoms with Gasteiger partial charge in [0.1, 0.15) is 0 Å². The van der Waals surface area contributed by atoms with Crippen LogP contribution >= 0.6 is 0 Å². The van der Waals surface area contributed by atoms with Gasteiger partial charge in [0.25, 0.3) is 0 Å². The summed E-state index contributed by atoms with van der Waals surface area (Å²) in [7, 11) is 1.72. The third-order valence-corrected chi connectivity index (χ3v) is 2.40. The highest BCUT2D eigenvalue weighted by Crippen LogP contribution is 2.16. The molecule has 0 spiro atoms. The van der Waals surface area contributed by atoms with Crippen molar-refractivity contribution in [2.75, 3.05) is 25.6 Å². The van der Waals surface area contributed by atoms with Gasteiger partial charge >= 0.3 is 0 Å². The van der Waals surface area contributed by atoms with E-state index >= 15 is 0 Å². The number of nitrogens with zero attached hydrogens (tertiary/aromatic N) is 2. The lowest BCUT2D eigenvalue weighted by Gasteiger charge is -2.16. The molecule has 0 bridgehead atoms. The van der Waals surface area contributed by atoms with Crippen LogP contribution in [0.3, 0.4) is 0 Å². The zero-order chi connectivity index (χ0) is 12.1. The van der Waals surface area contributed by atoms with Gasteiger partial charge in [-0.25, -0.2) is 4.98 Å². The van der Waals surface area contributed by atoms with Crippen molar-refractivity contribution < 1.29 is 4.74 Å². The van der Waals surface area contributed by atoms with Crippen LogP contribution in [-0.4, -0.2) is 29.8 Å².